The lowest BCUT2D eigenvalue weighted by Gasteiger charge is -2.27. The van der Waals surface area contributed by atoms with Crippen molar-refractivity contribution in [2.45, 2.75) is 26.2 Å². The molecule has 3 amide bonds. The van der Waals surface area contributed by atoms with E-state index >= 15 is 0 Å². The summed E-state index contributed by atoms with van der Waals surface area (Å²) < 4.78 is 11.0. The molecule has 28 heavy (non-hydrogen) atoms. The second-order valence-electron chi connectivity index (χ2n) is 6.52. The van der Waals surface area contributed by atoms with Gasteiger partial charge in [0.1, 0.15) is 6.54 Å². The topological polar surface area (TPSA) is 76.2 Å². The lowest BCUT2D eigenvalue weighted by atomic mass is 10.1. The Bertz CT molecular complexity index is 802. The molecule has 0 aliphatic carbocycles. The number of carbonyl (C=O) groups excluding carboxylic acids is 3. The molecule has 0 bridgehead atoms. The molecule has 0 aromatic heterocycles. The van der Waals surface area contributed by atoms with Crippen LogP contribution in [0.5, 0.6) is 11.5 Å². The number of piperidine rings is 1. The number of thioether (sulfide) groups is 1. The summed E-state index contributed by atoms with van der Waals surface area (Å²) in [6.45, 7) is 3.46. The lowest BCUT2D eigenvalue weighted by molar-refractivity contribution is -0.136. The summed E-state index contributed by atoms with van der Waals surface area (Å²) in [4.78, 5) is 40.5. The van der Waals surface area contributed by atoms with Gasteiger partial charge in [-0.15, -0.1) is 0 Å². The van der Waals surface area contributed by atoms with Crippen LogP contribution in [-0.2, 0) is 9.59 Å². The van der Waals surface area contributed by atoms with E-state index in [2.05, 4.69) is 0 Å². The number of hydrogen-bond acceptors (Lipinski definition) is 6. The van der Waals surface area contributed by atoms with E-state index in [1.807, 2.05) is 6.92 Å². The van der Waals surface area contributed by atoms with E-state index < -0.39 is 11.1 Å². The molecule has 1 aromatic rings. The number of ether oxygens (including phenoxy) is 2. The lowest BCUT2D eigenvalue weighted by Crippen LogP contribution is -2.44. The number of methoxy groups -OCH3 is 1. The van der Waals surface area contributed by atoms with Crippen molar-refractivity contribution >= 4 is 34.9 Å². The maximum Gasteiger partial charge on any atom is 0.294 e. The Hall–Kier alpha value is -2.48. The summed E-state index contributed by atoms with van der Waals surface area (Å²) in [7, 11) is 1.54. The molecule has 3 rings (SSSR count). The highest BCUT2D eigenvalue weighted by Crippen LogP contribution is 2.37. The predicted octanol–water partition coefficient (Wildman–Crippen LogP) is 3.14. The zero-order chi connectivity index (χ0) is 20.1. The molecule has 2 aliphatic rings. The summed E-state index contributed by atoms with van der Waals surface area (Å²) in [6.07, 6.45) is 4.65. The van der Waals surface area contributed by atoms with Crippen LogP contribution in [0.2, 0.25) is 0 Å². The Balaban J connectivity index is 1.79. The number of imide groups is 1. The smallest absolute Gasteiger partial charge is 0.294 e. The zero-order valence-electron chi connectivity index (χ0n) is 16.1. The van der Waals surface area contributed by atoms with Crippen molar-refractivity contribution in [1.82, 2.24) is 9.80 Å². The second-order valence-corrected chi connectivity index (χ2v) is 7.51. The van der Waals surface area contributed by atoms with E-state index in [-0.39, 0.29) is 17.4 Å². The van der Waals surface area contributed by atoms with E-state index in [4.69, 9.17) is 9.47 Å². The molecule has 2 heterocycles. The van der Waals surface area contributed by atoms with Crippen molar-refractivity contribution in [2.75, 3.05) is 33.4 Å². The molecular formula is C20H24N2O5S. The molecule has 0 spiro atoms. The molecule has 2 aliphatic heterocycles. The first-order valence-electron chi connectivity index (χ1n) is 9.38. The number of likely N-dealkylation sites (tertiary alicyclic amines) is 1. The van der Waals surface area contributed by atoms with E-state index in [0.717, 1.165) is 35.9 Å². The summed E-state index contributed by atoms with van der Waals surface area (Å²) >= 11 is 0.837. The maximum absolute atomic E-state index is 12.7. The highest BCUT2D eigenvalue weighted by Gasteiger charge is 2.37. The molecule has 0 atom stereocenters. The average molecular weight is 404 g/mol. The minimum absolute atomic E-state index is 0.181. The average Bonchev–Trinajstić information content (AvgIpc) is 2.97. The normalized spacial score (nSPS) is 18.7. The first-order chi connectivity index (χ1) is 13.5. The number of rotatable bonds is 6. The molecule has 2 fully saturated rings. The number of carbonyl (C=O) groups is 3. The van der Waals surface area contributed by atoms with Gasteiger partial charge in [0.25, 0.3) is 11.1 Å². The Morgan fingerprint density at radius 3 is 2.64 bits per heavy atom. The number of amides is 3. The number of hydrogen-bond donors (Lipinski definition) is 0. The van der Waals surface area contributed by atoms with Gasteiger partial charge in [0.15, 0.2) is 11.5 Å². The first kappa shape index (κ1) is 20.3. The third-order valence-corrected chi connectivity index (χ3v) is 5.59. The first-order valence-corrected chi connectivity index (χ1v) is 10.2. The van der Waals surface area contributed by atoms with Crippen LogP contribution in [0.4, 0.5) is 4.79 Å². The fraction of sp³-hybridized carbons (Fsp3) is 0.450. The van der Waals surface area contributed by atoms with Crippen LogP contribution in [0.25, 0.3) is 6.08 Å². The van der Waals surface area contributed by atoms with Gasteiger partial charge >= 0.3 is 0 Å². The second kappa shape index (κ2) is 9.14. The van der Waals surface area contributed by atoms with Crippen LogP contribution in [0.1, 0.15) is 31.7 Å². The zero-order valence-corrected chi connectivity index (χ0v) is 16.9. The standard InChI is InChI=1S/C20H24N2O5S/c1-3-27-18-14(8-7-9-15(18)26-2)12-16-19(24)22(20(25)28-16)13-17(23)21-10-5-4-6-11-21/h7-9,12H,3-6,10-11,13H2,1-2H3/b16-12+. The summed E-state index contributed by atoms with van der Waals surface area (Å²) in [5.41, 5.74) is 0.647. The van der Waals surface area contributed by atoms with Crippen molar-refractivity contribution in [3.05, 3.63) is 28.7 Å². The Labute approximate surface area is 168 Å². The Kier molecular flexibility index (Phi) is 6.61. The van der Waals surface area contributed by atoms with Crippen molar-refractivity contribution in [2.24, 2.45) is 0 Å². The van der Waals surface area contributed by atoms with Crippen LogP contribution in [0.15, 0.2) is 23.1 Å². The van der Waals surface area contributed by atoms with Gasteiger partial charge in [0.05, 0.1) is 18.6 Å². The van der Waals surface area contributed by atoms with Gasteiger partial charge in [-0.25, -0.2) is 0 Å². The Morgan fingerprint density at radius 2 is 1.96 bits per heavy atom. The summed E-state index contributed by atoms with van der Waals surface area (Å²) in [6, 6.07) is 5.35. The predicted molar refractivity (Wildman–Crippen MR) is 107 cm³/mol. The van der Waals surface area contributed by atoms with Gasteiger partial charge in [-0.2, -0.15) is 0 Å². The molecule has 0 unspecified atom stereocenters. The van der Waals surface area contributed by atoms with Crippen LogP contribution >= 0.6 is 11.8 Å². The number of nitrogens with zero attached hydrogens (tertiary/aromatic N) is 2. The van der Waals surface area contributed by atoms with E-state index in [1.54, 1.807) is 36.3 Å². The largest absolute Gasteiger partial charge is 0.493 e. The van der Waals surface area contributed by atoms with Crippen LogP contribution in [-0.4, -0.2) is 60.2 Å². The fourth-order valence-corrected chi connectivity index (χ4v) is 4.09. The van der Waals surface area contributed by atoms with Crippen LogP contribution < -0.4 is 9.47 Å². The van der Waals surface area contributed by atoms with E-state index in [0.29, 0.717) is 36.8 Å². The number of benzene rings is 1. The molecule has 7 nitrogen and oxygen atoms in total. The van der Waals surface area contributed by atoms with Crippen LogP contribution in [0, 0.1) is 0 Å². The van der Waals surface area contributed by atoms with Gasteiger partial charge in [-0.05, 0) is 50.1 Å². The van der Waals surface area contributed by atoms with Gasteiger partial charge in [-0.3, -0.25) is 19.3 Å². The van der Waals surface area contributed by atoms with Gasteiger partial charge in [0.2, 0.25) is 5.91 Å². The van der Waals surface area contributed by atoms with Crippen molar-refractivity contribution in [3.63, 3.8) is 0 Å². The van der Waals surface area contributed by atoms with E-state index in [1.165, 1.54) is 0 Å². The molecule has 150 valence electrons. The summed E-state index contributed by atoms with van der Waals surface area (Å²) in [5, 5.41) is -0.428. The summed E-state index contributed by atoms with van der Waals surface area (Å²) in [5.74, 6) is 0.434. The highest BCUT2D eigenvalue weighted by molar-refractivity contribution is 8.18. The van der Waals surface area contributed by atoms with Gasteiger partial charge in [-0.1, -0.05) is 12.1 Å². The minimum atomic E-state index is -0.453. The van der Waals surface area contributed by atoms with Gasteiger partial charge in [0, 0.05) is 18.7 Å². The van der Waals surface area contributed by atoms with Gasteiger partial charge < -0.3 is 14.4 Å². The molecule has 2 saturated heterocycles. The van der Waals surface area contributed by atoms with Crippen molar-refractivity contribution < 1.29 is 23.9 Å². The fourth-order valence-electron chi connectivity index (χ4n) is 3.26. The van der Waals surface area contributed by atoms with Crippen LogP contribution in [0.3, 0.4) is 0 Å². The number of para-hydroxylation sites is 1. The quantitative estimate of drug-likeness (QED) is 0.678. The molecule has 0 saturated carbocycles. The van der Waals surface area contributed by atoms with E-state index in [9.17, 15) is 14.4 Å². The maximum atomic E-state index is 12.7. The highest BCUT2D eigenvalue weighted by atomic mass is 32.2. The third-order valence-electron chi connectivity index (χ3n) is 4.68. The molecular weight excluding hydrogens is 380 g/mol. The molecule has 0 N–H and O–H groups in total. The van der Waals surface area contributed by atoms with Crippen molar-refractivity contribution in [3.8, 4) is 11.5 Å². The molecule has 1 aromatic carbocycles. The SMILES string of the molecule is CCOc1c(/C=C2/SC(=O)N(CC(=O)N3CCCCC3)C2=O)cccc1OC. The third kappa shape index (κ3) is 4.32. The van der Waals surface area contributed by atoms with Crippen molar-refractivity contribution in [1.29, 1.82) is 0 Å². The Morgan fingerprint density at radius 1 is 1.21 bits per heavy atom. The molecule has 8 heteroatoms. The molecule has 0 radical (unpaired) electrons. The minimum Gasteiger partial charge on any atom is -0.493 e. The monoisotopic (exact) mass is 404 g/mol.